The maximum Gasteiger partial charge on any atom is 0.266 e. The number of aromatic nitrogens is 5. The molecule has 0 N–H and O–H groups in total. The van der Waals surface area contributed by atoms with Crippen LogP contribution in [-0.4, -0.2) is 36.2 Å². The molecule has 0 unspecified atom stereocenters. The molecule has 1 aromatic carbocycles. The molecule has 8 heteroatoms. The molecule has 124 valence electrons. The molecule has 0 aliphatic carbocycles. The fraction of sp³-hybridized carbons (Fsp3) is 0.118. The van der Waals surface area contributed by atoms with Gasteiger partial charge < -0.3 is 0 Å². The fourth-order valence-corrected chi connectivity index (χ4v) is 2.98. The van der Waals surface area contributed by atoms with E-state index in [0.717, 1.165) is 0 Å². The summed E-state index contributed by atoms with van der Waals surface area (Å²) in [6, 6.07) is 8.72. The Bertz CT molecular complexity index is 1180. The normalized spacial score (nSPS) is 11.3. The maximum atomic E-state index is 12.9. The van der Waals surface area contributed by atoms with Gasteiger partial charge in [-0.1, -0.05) is 11.8 Å². The summed E-state index contributed by atoms with van der Waals surface area (Å²) in [5.74, 6) is 0.444. The predicted octanol–water partition coefficient (Wildman–Crippen LogP) is 2.35. The topological polar surface area (TPSA) is 82.1 Å². The molecule has 0 spiro atoms. The van der Waals surface area contributed by atoms with Crippen molar-refractivity contribution in [1.29, 1.82) is 0 Å². The van der Waals surface area contributed by atoms with Gasteiger partial charge in [0.1, 0.15) is 0 Å². The van der Waals surface area contributed by atoms with E-state index in [0.29, 0.717) is 33.1 Å². The molecule has 3 heterocycles. The Balaban J connectivity index is 1.91. The van der Waals surface area contributed by atoms with E-state index in [9.17, 15) is 9.59 Å². The summed E-state index contributed by atoms with van der Waals surface area (Å²) >= 11 is 1.42. The van der Waals surface area contributed by atoms with Crippen LogP contribution >= 0.6 is 11.8 Å². The number of benzene rings is 1. The first-order valence-electron chi connectivity index (χ1n) is 7.51. The van der Waals surface area contributed by atoms with Crippen molar-refractivity contribution in [1.82, 2.24) is 24.1 Å². The van der Waals surface area contributed by atoms with Crippen LogP contribution < -0.4 is 5.56 Å². The zero-order valence-corrected chi connectivity index (χ0v) is 14.3. The maximum absolute atomic E-state index is 12.9. The highest BCUT2D eigenvalue weighted by molar-refractivity contribution is 7.98. The van der Waals surface area contributed by atoms with Crippen LogP contribution in [0.1, 0.15) is 17.3 Å². The first kappa shape index (κ1) is 15.5. The number of nitrogens with zero attached hydrogens (tertiary/aromatic N) is 5. The minimum Gasteiger partial charge on any atom is -0.295 e. The van der Waals surface area contributed by atoms with Crippen LogP contribution in [0.4, 0.5) is 0 Å². The summed E-state index contributed by atoms with van der Waals surface area (Å²) in [5, 5.41) is 5.40. The van der Waals surface area contributed by atoms with Gasteiger partial charge in [0.15, 0.2) is 5.78 Å². The summed E-state index contributed by atoms with van der Waals surface area (Å²) in [7, 11) is 0. The second-order valence-electron chi connectivity index (χ2n) is 5.46. The number of hydrogen-bond donors (Lipinski definition) is 0. The van der Waals surface area contributed by atoms with E-state index in [1.807, 2.05) is 12.3 Å². The molecule has 0 aliphatic rings. The average molecular weight is 351 g/mol. The van der Waals surface area contributed by atoms with Crippen LogP contribution in [0.5, 0.6) is 0 Å². The van der Waals surface area contributed by atoms with Gasteiger partial charge >= 0.3 is 0 Å². The van der Waals surface area contributed by atoms with Gasteiger partial charge in [0.25, 0.3) is 11.3 Å². The van der Waals surface area contributed by atoms with Crippen molar-refractivity contribution in [2.45, 2.75) is 12.1 Å². The molecule has 7 nitrogen and oxygen atoms in total. The van der Waals surface area contributed by atoms with Gasteiger partial charge in [-0.3, -0.25) is 14.2 Å². The second-order valence-corrected chi connectivity index (χ2v) is 6.23. The van der Waals surface area contributed by atoms with Crippen LogP contribution in [0.15, 0.2) is 52.7 Å². The molecule has 3 aromatic heterocycles. The van der Waals surface area contributed by atoms with Crippen LogP contribution in [0.3, 0.4) is 0 Å². The van der Waals surface area contributed by atoms with Crippen molar-refractivity contribution in [2.24, 2.45) is 0 Å². The zero-order valence-electron chi connectivity index (χ0n) is 13.5. The van der Waals surface area contributed by atoms with Gasteiger partial charge in [0, 0.05) is 23.6 Å². The Morgan fingerprint density at radius 1 is 1.16 bits per heavy atom. The third kappa shape index (κ3) is 2.51. The first-order chi connectivity index (χ1) is 12.1. The van der Waals surface area contributed by atoms with Crippen molar-refractivity contribution < 1.29 is 4.79 Å². The van der Waals surface area contributed by atoms with E-state index in [-0.39, 0.29) is 11.3 Å². The molecule has 0 aliphatic heterocycles. The van der Waals surface area contributed by atoms with Gasteiger partial charge in [-0.15, -0.1) is 5.10 Å². The Morgan fingerprint density at radius 2 is 1.92 bits per heavy atom. The minimum atomic E-state index is -0.205. The monoisotopic (exact) mass is 351 g/mol. The third-order valence-corrected chi connectivity index (χ3v) is 4.49. The fourth-order valence-electron chi connectivity index (χ4n) is 2.65. The third-order valence-electron chi connectivity index (χ3n) is 3.95. The quantitative estimate of drug-likeness (QED) is 0.416. The Kier molecular flexibility index (Phi) is 3.61. The lowest BCUT2D eigenvalue weighted by molar-refractivity contribution is 0.101. The van der Waals surface area contributed by atoms with Crippen molar-refractivity contribution in [3.63, 3.8) is 0 Å². The van der Waals surface area contributed by atoms with E-state index in [4.69, 9.17) is 0 Å². The Morgan fingerprint density at radius 3 is 2.60 bits per heavy atom. The molecule has 0 fully saturated rings. The molecule has 0 atom stereocenters. The van der Waals surface area contributed by atoms with E-state index in [1.165, 1.54) is 29.4 Å². The Labute approximate surface area is 146 Å². The highest BCUT2D eigenvalue weighted by atomic mass is 32.2. The summed E-state index contributed by atoms with van der Waals surface area (Å²) in [6.45, 7) is 1.51. The minimum absolute atomic E-state index is 0.0141. The van der Waals surface area contributed by atoms with Crippen LogP contribution in [-0.2, 0) is 0 Å². The lowest BCUT2D eigenvalue weighted by Gasteiger charge is -2.08. The number of hydrogen-bond acceptors (Lipinski definition) is 6. The molecule has 4 aromatic rings. The average Bonchev–Trinajstić information content (AvgIpc) is 3.06. The van der Waals surface area contributed by atoms with E-state index >= 15 is 0 Å². The summed E-state index contributed by atoms with van der Waals surface area (Å²) < 4.78 is 3.10. The van der Waals surface area contributed by atoms with Crippen molar-refractivity contribution in [3.8, 4) is 5.69 Å². The van der Waals surface area contributed by atoms with Gasteiger partial charge in [0.2, 0.25) is 5.16 Å². The molecule has 0 saturated heterocycles. The summed E-state index contributed by atoms with van der Waals surface area (Å²) in [5.41, 5.74) is 1.73. The van der Waals surface area contributed by atoms with Gasteiger partial charge in [-0.25, -0.2) is 4.98 Å². The van der Waals surface area contributed by atoms with Crippen LogP contribution in [0, 0.1) is 0 Å². The highest BCUT2D eigenvalue weighted by Crippen LogP contribution is 2.16. The number of carbonyl (C=O) groups is 1. The predicted molar refractivity (Wildman–Crippen MR) is 95.7 cm³/mol. The molecule has 0 saturated carbocycles. The van der Waals surface area contributed by atoms with Gasteiger partial charge in [-0.2, -0.15) is 9.50 Å². The van der Waals surface area contributed by atoms with Gasteiger partial charge in [-0.05, 0) is 43.5 Å². The smallest absolute Gasteiger partial charge is 0.266 e. The second kappa shape index (κ2) is 5.82. The Hall–Kier alpha value is -3.00. The highest BCUT2D eigenvalue weighted by Gasteiger charge is 2.12. The molecular formula is C17H13N5O2S. The number of pyridine rings is 1. The van der Waals surface area contributed by atoms with Crippen molar-refractivity contribution in [3.05, 3.63) is 58.6 Å². The number of rotatable bonds is 3. The molecular weight excluding hydrogens is 338 g/mol. The van der Waals surface area contributed by atoms with E-state index in [2.05, 4.69) is 15.1 Å². The first-order valence-corrected chi connectivity index (χ1v) is 8.73. The number of ketones is 1. The number of fused-ring (bicyclic) bond motifs is 3. The number of Topliss-reactive ketones (excluding diaryl/α,β-unsaturated/α-hetero) is 1. The lowest BCUT2D eigenvalue weighted by Crippen LogP contribution is -2.19. The van der Waals surface area contributed by atoms with Gasteiger partial charge in [0.05, 0.1) is 10.9 Å². The number of carbonyl (C=O) groups excluding carboxylic acids is 1. The molecule has 4 rings (SSSR count). The number of thioether (sulfide) groups is 1. The SMILES string of the molecule is CSc1nc2ncc3c(=O)n(-c4ccc(C(C)=O)cc4)ccc3n2n1. The van der Waals surface area contributed by atoms with E-state index in [1.54, 1.807) is 35.0 Å². The molecule has 0 radical (unpaired) electrons. The molecule has 0 amide bonds. The largest absolute Gasteiger partial charge is 0.295 e. The van der Waals surface area contributed by atoms with Crippen LogP contribution in [0.25, 0.3) is 22.4 Å². The summed E-state index contributed by atoms with van der Waals surface area (Å²) in [6.07, 6.45) is 5.09. The van der Waals surface area contributed by atoms with Crippen molar-refractivity contribution >= 4 is 34.2 Å². The lowest BCUT2D eigenvalue weighted by atomic mass is 10.1. The van der Waals surface area contributed by atoms with E-state index < -0.39 is 0 Å². The summed E-state index contributed by atoms with van der Waals surface area (Å²) in [4.78, 5) is 32.8. The van der Waals surface area contributed by atoms with Crippen molar-refractivity contribution in [2.75, 3.05) is 6.26 Å². The molecule has 25 heavy (non-hydrogen) atoms. The molecule has 0 bridgehead atoms. The van der Waals surface area contributed by atoms with Crippen LogP contribution in [0.2, 0.25) is 0 Å². The zero-order chi connectivity index (χ0) is 17.6. The standard InChI is InChI=1S/C17H13N5O2S/c1-10(23)11-3-5-12(6-4-11)21-8-7-14-13(15(21)24)9-18-16-19-17(25-2)20-22(14)16/h3-9H,1-2H3.